The van der Waals surface area contributed by atoms with Crippen molar-refractivity contribution in [3.05, 3.63) is 58.3 Å². The van der Waals surface area contributed by atoms with E-state index in [0.717, 1.165) is 0 Å². The number of oxazole rings is 1. The average Bonchev–Trinajstić information content (AvgIpc) is 3.07. The van der Waals surface area contributed by atoms with Gasteiger partial charge in [0.05, 0.1) is 6.20 Å². The van der Waals surface area contributed by atoms with Crippen LogP contribution in [0.5, 0.6) is 0 Å². The molecule has 0 fully saturated rings. The SMILES string of the molecule is Nc1[nH]c(=O)c(C(=O)O)c(-c2cccc(-c3cnco3)c2)c1C(=O)O. The maximum Gasteiger partial charge on any atom is 0.342 e. The first kappa shape index (κ1) is 16.0. The number of carboxylic acid groups (broad SMARTS) is 2. The molecule has 0 radical (unpaired) electrons. The van der Waals surface area contributed by atoms with Gasteiger partial charge in [0.25, 0.3) is 5.56 Å². The number of aromatic amines is 1. The molecule has 0 spiro atoms. The monoisotopic (exact) mass is 341 g/mol. The summed E-state index contributed by atoms with van der Waals surface area (Å²) >= 11 is 0. The molecule has 5 N–H and O–H groups in total. The lowest BCUT2D eigenvalue weighted by atomic mass is 9.94. The molecule has 0 amide bonds. The predicted octanol–water partition coefficient (Wildman–Crippen LogP) is 1.68. The molecule has 0 aliphatic heterocycles. The summed E-state index contributed by atoms with van der Waals surface area (Å²) in [6, 6.07) is 6.21. The number of nitrogen functional groups attached to an aromatic ring is 1. The van der Waals surface area contributed by atoms with Gasteiger partial charge in [-0.25, -0.2) is 14.6 Å². The molecule has 0 aliphatic rings. The van der Waals surface area contributed by atoms with Crippen LogP contribution in [0.15, 0.2) is 46.1 Å². The summed E-state index contributed by atoms with van der Waals surface area (Å²) in [5, 5.41) is 18.8. The van der Waals surface area contributed by atoms with Crippen molar-refractivity contribution in [2.75, 3.05) is 5.73 Å². The molecule has 25 heavy (non-hydrogen) atoms. The molecular weight excluding hydrogens is 330 g/mol. The normalized spacial score (nSPS) is 10.6. The third kappa shape index (κ3) is 2.74. The van der Waals surface area contributed by atoms with Gasteiger partial charge >= 0.3 is 11.9 Å². The third-order valence-electron chi connectivity index (χ3n) is 3.54. The van der Waals surface area contributed by atoms with E-state index in [1.807, 2.05) is 0 Å². The van der Waals surface area contributed by atoms with E-state index < -0.39 is 34.4 Å². The summed E-state index contributed by atoms with van der Waals surface area (Å²) in [6.07, 6.45) is 2.67. The van der Waals surface area contributed by atoms with E-state index in [2.05, 4.69) is 9.97 Å². The molecule has 2 heterocycles. The number of aromatic nitrogens is 2. The standard InChI is InChI=1S/C16H11N3O6/c17-13-11(15(21)22)10(12(16(23)24)14(20)19-13)8-3-1-2-7(4-8)9-5-18-6-25-9/h1-6H,(H,21,22)(H,23,24)(H3,17,19,20). The molecule has 3 rings (SSSR count). The Balaban J connectivity index is 2.37. The van der Waals surface area contributed by atoms with Gasteiger partial charge in [-0.2, -0.15) is 0 Å². The minimum absolute atomic E-state index is 0.196. The number of hydrogen-bond donors (Lipinski definition) is 4. The van der Waals surface area contributed by atoms with Crippen LogP contribution in [-0.2, 0) is 0 Å². The molecule has 1 aromatic carbocycles. The zero-order chi connectivity index (χ0) is 18.1. The molecule has 0 bridgehead atoms. The van der Waals surface area contributed by atoms with E-state index >= 15 is 0 Å². The molecule has 0 aliphatic carbocycles. The Hall–Kier alpha value is -3.88. The van der Waals surface area contributed by atoms with E-state index in [4.69, 9.17) is 10.2 Å². The van der Waals surface area contributed by atoms with Gasteiger partial charge in [-0.3, -0.25) is 4.79 Å². The minimum atomic E-state index is -1.57. The highest BCUT2D eigenvalue weighted by molar-refractivity contribution is 6.07. The lowest BCUT2D eigenvalue weighted by Gasteiger charge is -2.12. The zero-order valence-electron chi connectivity index (χ0n) is 12.5. The number of H-pyrrole nitrogens is 1. The van der Waals surface area contributed by atoms with Crippen molar-refractivity contribution in [1.29, 1.82) is 0 Å². The summed E-state index contributed by atoms with van der Waals surface area (Å²) in [5.74, 6) is -3.06. The fourth-order valence-electron chi connectivity index (χ4n) is 2.52. The molecule has 126 valence electrons. The van der Waals surface area contributed by atoms with Gasteiger partial charge in [0.2, 0.25) is 0 Å². The average molecular weight is 341 g/mol. The van der Waals surface area contributed by atoms with Crippen molar-refractivity contribution >= 4 is 17.8 Å². The first-order valence-corrected chi connectivity index (χ1v) is 6.91. The van der Waals surface area contributed by atoms with Crippen LogP contribution in [0, 0.1) is 0 Å². The first-order valence-electron chi connectivity index (χ1n) is 6.91. The second-order valence-corrected chi connectivity index (χ2v) is 5.05. The van der Waals surface area contributed by atoms with Crippen LogP contribution in [0.2, 0.25) is 0 Å². The van der Waals surface area contributed by atoms with Gasteiger partial charge in [0, 0.05) is 11.1 Å². The number of benzene rings is 1. The van der Waals surface area contributed by atoms with Crippen LogP contribution in [0.3, 0.4) is 0 Å². The largest absolute Gasteiger partial charge is 0.478 e. The van der Waals surface area contributed by atoms with Crippen LogP contribution < -0.4 is 11.3 Å². The fourth-order valence-corrected chi connectivity index (χ4v) is 2.52. The van der Waals surface area contributed by atoms with E-state index in [-0.39, 0.29) is 11.1 Å². The van der Waals surface area contributed by atoms with Crippen molar-refractivity contribution in [2.45, 2.75) is 0 Å². The molecule has 2 aromatic heterocycles. The first-order chi connectivity index (χ1) is 11.9. The topological polar surface area (TPSA) is 160 Å². The quantitative estimate of drug-likeness (QED) is 0.557. The molecule has 0 saturated heterocycles. The number of nitrogens with one attached hydrogen (secondary N) is 1. The summed E-state index contributed by atoms with van der Waals surface area (Å²) in [6.45, 7) is 0. The molecule has 3 aromatic rings. The zero-order valence-corrected chi connectivity index (χ0v) is 12.5. The van der Waals surface area contributed by atoms with Crippen molar-refractivity contribution in [1.82, 2.24) is 9.97 Å². The maximum absolute atomic E-state index is 12.0. The Bertz CT molecular complexity index is 1040. The number of carboxylic acids is 2. The van der Waals surface area contributed by atoms with Crippen LogP contribution >= 0.6 is 0 Å². The van der Waals surface area contributed by atoms with Gasteiger partial charge in [-0.15, -0.1) is 0 Å². The highest BCUT2D eigenvalue weighted by atomic mass is 16.4. The molecule has 0 atom stereocenters. The second-order valence-electron chi connectivity index (χ2n) is 5.05. The van der Waals surface area contributed by atoms with E-state index in [1.54, 1.807) is 12.1 Å². The lowest BCUT2D eigenvalue weighted by molar-refractivity contribution is 0.0695. The van der Waals surface area contributed by atoms with E-state index in [1.165, 1.54) is 24.7 Å². The Morgan fingerprint density at radius 3 is 2.40 bits per heavy atom. The number of nitrogens with zero attached hydrogens (tertiary/aromatic N) is 1. The number of hydrogen-bond acceptors (Lipinski definition) is 6. The number of nitrogens with two attached hydrogens (primary N) is 1. The number of pyridine rings is 1. The number of rotatable bonds is 4. The number of aromatic carboxylic acids is 2. The number of carbonyl (C=O) groups is 2. The lowest BCUT2D eigenvalue weighted by Crippen LogP contribution is -2.24. The van der Waals surface area contributed by atoms with Crippen LogP contribution in [0.4, 0.5) is 5.82 Å². The van der Waals surface area contributed by atoms with E-state index in [9.17, 15) is 24.6 Å². The molecule has 9 heteroatoms. The maximum atomic E-state index is 12.0. The summed E-state index contributed by atoms with van der Waals surface area (Å²) in [7, 11) is 0. The van der Waals surface area contributed by atoms with Gasteiger partial charge in [0.15, 0.2) is 12.2 Å². The van der Waals surface area contributed by atoms with Crippen molar-refractivity contribution in [3.8, 4) is 22.5 Å². The van der Waals surface area contributed by atoms with E-state index in [0.29, 0.717) is 11.3 Å². The Labute approximate surface area is 139 Å². The van der Waals surface area contributed by atoms with Crippen molar-refractivity contribution < 1.29 is 24.2 Å². The molecule has 0 saturated carbocycles. The van der Waals surface area contributed by atoms with Crippen molar-refractivity contribution in [2.24, 2.45) is 0 Å². The fraction of sp³-hybridized carbons (Fsp3) is 0. The summed E-state index contributed by atoms with van der Waals surface area (Å²) in [4.78, 5) is 41.0. The van der Waals surface area contributed by atoms with Gasteiger partial charge in [-0.05, 0) is 11.6 Å². The Morgan fingerprint density at radius 2 is 1.80 bits per heavy atom. The smallest absolute Gasteiger partial charge is 0.342 e. The van der Waals surface area contributed by atoms with Gasteiger partial charge < -0.3 is 25.3 Å². The van der Waals surface area contributed by atoms with Crippen LogP contribution in [0.1, 0.15) is 20.7 Å². The van der Waals surface area contributed by atoms with Gasteiger partial charge in [0.1, 0.15) is 16.9 Å². The third-order valence-corrected chi connectivity index (χ3v) is 3.54. The highest BCUT2D eigenvalue weighted by Crippen LogP contribution is 2.32. The highest BCUT2D eigenvalue weighted by Gasteiger charge is 2.26. The van der Waals surface area contributed by atoms with Crippen molar-refractivity contribution in [3.63, 3.8) is 0 Å². The summed E-state index contributed by atoms with van der Waals surface area (Å²) in [5.41, 5.74) is 3.86. The van der Waals surface area contributed by atoms with Crippen LogP contribution in [0.25, 0.3) is 22.5 Å². The summed E-state index contributed by atoms with van der Waals surface area (Å²) < 4.78 is 5.18. The number of anilines is 1. The molecule has 0 unspecified atom stereocenters. The minimum Gasteiger partial charge on any atom is -0.478 e. The molecular formula is C16H11N3O6. The predicted molar refractivity (Wildman–Crippen MR) is 86.3 cm³/mol. The van der Waals surface area contributed by atoms with Crippen LogP contribution in [-0.4, -0.2) is 32.1 Å². The molecule has 9 nitrogen and oxygen atoms in total. The Morgan fingerprint density at radius 1 is 1.12 bits per heavy atom. The van der Waals surface area contributed by atoms with Gasteiger partial charge in [-0.1, -0.05) is 18.2 Å². The Kier molecular flexibility index (Phi) is 3.82. The second kappa shape index (κ2) is 5.96.